The van der Waals surface area contributed by atoms with E-state index in [2.05, 4.69) is 0 Å². The van der Waals surface area contributed by atoms with Crippen LogP contribution in [0.5, 0.6) is 17.2 Å². The summed E-state index contributed by atoms with van der Waals surface area (Å²) in [4.78, 5) is 0. The van der Waals surface area contributed by atoms with E-state index in [4.69, 9.17) is 15.3 Å². The van der Waals surface area contributed by atoms with E-state index >= 15 is 0 Å². The molecule has 0 unspecified atom stereocenters. The molecule has 0 bridgehead atoms. The van der Waals surface area contributed by atoms with Gasteiger partial charge in [-0.15, -0.1) is 0 Å². The summed E-state index contributed by atoms with van der Waals surface area (Å²) in [6, 6.07) is 3.42. The molecule has 0 saturated carbocycles. The molecule has 11 heavy (non-hydrogen) atoms. The first kappa shape index (κ1) is 15.4. The fraction of sp³-hybridized carbons (Fsp3) is 0. The molecule has 1 aromatic rings. The molecule has 0 aliphatic heterocycles. The van der Waals surface area contributed by atoms with Crippen molar-refractivity contribution in [2.75, 3.05) is 0 Å². The average Bonchev–Trinajstić information content (AvgIpc) is 1.59. The second-order valence-electron chi connectivity index (χ2n) is 1.71. The third-order valence-electron chi connectivity index (χ3n) is 0.887. The van der Waals surface area contributed by atoms with Gasteiger partial charge in [0.05, 0.1) is 0 Å². The summed E-state index contributed by atoms with van der Waals surface area (Å²) < 4.78 is 0. The van der Waals surface area contributed by atoms with E-state index in [9.17, 15) is 0 Å². The van der Waals surface area contributed by atoms with Gasteiger partial charge in [-0.25, -0.2) is 0 Å². The molecule has 0 heterocycles. The first-order chi connectivity index (χ1) is 4.18. The van der Waals surface area contributed by atoms with Crippen molar-refractivity contribution in [3.8, 4) is 17.2 Å². The second kappa shape index (κ2) is 7.31. The molecule has 0 saturated heterocycles. The summed E-state index contributed by atoms with van der Waals surface area (Å²) in [5.74, 6) is -0.437. The van der Waals surface area contributed by atoms with Gasteiger partial charge in [-0.1, -0.05) is 0 Å². The summed E-state index contributed by atoms with van der Waals surface area (Å²) in [5.41, 5.74) is 0. The number of aromatic hydroxyl groups is 3. The number of hydrogen-bond donors (Lipinski definition) is 3. The van der Waals surface area contributed by atoms with Gasteiger partial charge in [0.25, 0.3) is 0 Å². The molecule has 0 fully saturated rings. The van der Waals surface area contributed by atoms with E-state index < -0.39 is 0 Å². The van der Waals surface area contributed by atoms with E-state index in [1.165, 1.54) is 0 Å². The molecule has 3 nitrogen and oxygen atoms in total. The van der Waals surface area contributed by atoms with Crippen LogP contribution in [0.2, 0.25) is 0 Å². The van der Waals surface area contributed by atoms with Crippen molar-refractivity contribution in [3.05, 3.63) is 18.2 Å². The molecule has 0 aliphatic rings. The van der Waals surface area contributed by atoms with E-state index in [1.807, 2.05) is 0 Å². The number of rotatable bonds is 0. The zero-order chi connectivity index (χ0) is 6.85. The Hall–Kier alpha value is 1.89. The molecular weight excluding hydrogens is 198 g/mol. The third-order valence-corrected chi connectivity index (χ3v) is 0.887. The van der Waals surface area contributed by atoms with Crippen LogP contribution in [0.3, 0.4) is 0 Å². The van der Waals surface area contributed by atoms with Crippen molar-refractivity contribution in [1.29, 1.82) is 0 Å². The van der Waals surface area contributed by atoms with E-state index in [-0.39, 0.29) is 120 Å². The maximum absolute atomic E-state index is 8.67. The summed E-state index contributed by atoms with van der Waals surface area (Å²) in [5, 5.41) is 26.0. The average molecular weight is 206 g/mol. The molecule has 52 valence electrons. The zero-order valence-corrected chi connectivity index (χ0v) is 4.57. The Morgan fingerprint density at radius 2 is 0.818 bits per heavy atom. The van der Waals surface area contributed by atoms with E-state index in [1.54, 1.807) is 0 Å². The summed E-state index contributed by atoms with van der Waals surface area (Å²) in [6.45, 7) is 0. The molecular formula is C6H8K2O3. The quantitative estimate of drug-likeness (QED) is 0.502. The van der Waals surface area contributed by atoms with E-state index in [0.29, 0.717) is 0 Å². The second-order valence-corrected chi connectivity index (χ2v) is 1.71. The van der Waals surface area contributed by atoms with Crippen molar-refractivity contribution in [2.24, 2.45) is 0 Å². The predicted molar refractivity (Wildman–Crippen MR) is 45.7 cm³/mol. The number of phenolic OH excluding ortho intramolecular Hbond substituents is 3. The summed E-state index contributed by atoms with van der Waals surface area (Å²) in [6.07, 6.45) is 0. The Bertz CT molecular complexity index is 177. The Kier molecular flexibility index (Phi) is 10.2. The van der Waals surface area contributed by atoms with Crippen molar-refractivity contribution < 1.29 is 15.3 Å². The van der Waals surface area contributed by atoms with Gasteiger partial charge in [-0.2, -0.15) is 0 Å². The Labute approximate surface area is 150 Å². The van der Waals surface area contributed by atoms with Crippen LogP contribution in [0, 0.1) is 0 Å². The van der Waals surface area contributed by atoms with Crippen LogP contribution < -0.4 is 0 Å². The van der Waals surface area contributed by atoms with Gasteiger partial charge in [-0.05, 0) is 0 Å². The summed E-state index contributed by atoms with van der Waals surface area (Å²) in [7, 11) is 0. The standard InChI is InChI=1S/C6H6O3.2K.2H/c7-4-1-5(8)3-6(9)2-4;;;;/h1-3,7-9H;;;;. The zero-order valence-electron chi connectivity index (χ0n) is 4.57. The van der Waals surface area contributed by atoms with Crippen molar-refractivity contribution in [1.82, 2.24) is 0 Å². The number of hydrogen-bond acceptors (Lipinski definition) is 3. The molecule has 0 aromatic heterocycles. The number of phenols is 3. The van der Waals surface area contributed by atoms with Gasteiger partial charge in [-0.3, -0.25) is 0 Å². The Balaban J connectivity index is 0. The Morgan fingerprint density at radius 3 is 1.00 bits per heavy atom. The van der Waals surface area contributed by atoms with Gasteiger partial charge < -0.3 is 15.3 Å². The molecule has 0 aliphatic carbocycles. The summed E-state index contributed by atoms with van der Waals surface area (Å²) >= 11 is 0. The normalized spacial score (nSPS) is 7.64. The monoisotopic (exact) mass is 206 g/mol. The molecule has 0 spiro atoms. The first-order valence-electron chi connectivity index (χ1n) is 2.40. The SMILES string of the molecule is Oc1cc(O)cc(O)c1.[KH].[KH]. The molecule has 0 atom stereocenters. The van der Waals surface area contributed by atoms with Gasteiger partial charge in [0, 0.05) is 18.2 Å². The van der Waals surface area contributed by atoms with Crippen molar-refractivity contribution >= 4 is 103 Å². The Morgan fingerprint density at radius 1 is 0.636 bits per heavy atom. The predicted octanol–water partition coefficient (Wildman–Crippen LogP) is -0.494. The fourth-order valence-corrected chi connectivity index (χ4v) is 0.580. The van der Waals surface area contributed by atoms with Gasteiger partial charge in [0.2, 0.25) is 0 Å². The van der Waals surface area contributed by atoms with Crippen LogP contribution in [-0.4, -0.2) is 118 Å². The fourth-order valence-electron chi connectivity index (χ4n) is 0.580. The minimum atomic E-state index is -0.146. The maximum atomic E-state index is 8.67. The van der Waals surface area contributed by atoms with Crippen molar-refractivity contribution in [3.63, 3.8) is 0 Å². The molecule has 5 heteroatoms. The van der Waals surface area contributed by atoms with Crippen LogP contribution >= 0.6 is 0 Å². The van der Waals surface area contributed by atoms with Gasteiger partial charge in [0.15, 0.2) is 0 Å². The molecule has 0 amide bonds. The van der Waals surface area contributed by atoms with Crippen LogP contribution in [0.15, 0.2) is 18.2 Å². The van der Waals surface area contributed by atoms with Crippen molar-refractivity contribution in [2.45, 2.75) is 0 Å². The van der Waals surface area contributed by atoms with Gasteiger partial charge in [0.1, 0.15) is 17.2 Å². The number of benzene rings is 1. The van der Waals surface area contributed by atoms with Crippen LogP contribution in [0.1, 0.15) is 0 Å². The molecule has 1 aromatic carbocycles. The molecule has 3 N–H and O–H groups in total. The first-order valence-corrected chi connectivity index (χ1v) is 2.40. The van der Waals surface area contributed by atoms with Crippen LogP contribution in [-0.2, 0) is 0 Å². The third kappa shape index (κ3) is 6.03. The van der Waals surface area contributed by atoms with E-state index in [0.717, 1.165) is 18.2 Å². The van der Waals surface area contributed by atoms with Crippen LogP contribution in [0.4, 0.5) is 0 Å². The topological polar surface area (TPSA) is 60.7 Å². The molecule has 1 rings (SSSR count). The molecule has 0 radical (unpaired) electrons. The van der Waals surface area contributed by atoms with Crippen LogP contribution in [0.25, 0.3) is 0 Å². The van der Waals surface area contributed by atoms with Gasteiger partial charge >= 0.3 is 103 Å². The minimum absolute atomic E-state index is 0.